The summed E-state index contributed by atoms with van der Waals surface area (Å²) in [7, 11) is 4.09. The largest absolute Gasteiger partial charge is 0.365 e. The number of nitrogens with one attached hydrogen (secondary N) is 1. The van der Waals surface area contributed by atoms with E-state index in [2.05, 4.69) is 15.2 Å². The Kier molecular flexibility index (Phi) is 3.78. The Hall–Kier alpha value is -1.36. The van der Waals surface area contributed by atoms with E-state index in [1.54, 1.807) is 17.0 Å². The van der Waals surface area contributed by atoms with Gasteiger partial charge in [-0.3, -0.25) is 4.79 Å². The van der Waals surface area contributed by atoms with Gasteiger partial charge in [-0.05, 0) is 39.9 Å². The lowest BCUT2D eigenvalue weighted by atomic mass is 10.4. The van der Waals surface area contributed by atoms with Crippen molar-refractivity contribution in [2.75, 3.05) is 32.5 Å². The zero-order valence-electron chi connectivity index (χ0n) is 10.5. The maximum atomic E-state index is 12.0. The molecule has 2 rings (SSSR count). The van der Waals surface area contributed by atoms with Crippen LogP contribution >= 0.6 is 0 Å². The SMILES string of the molecule is CN(C)CCCNc1nccn(C2CC2)c1=O. The summed E-state index contributed by atoms with van der Waals surface area (Å²) >= 11 is 0. The fourth-order valence-corrected chi connectivity index (χ4v) is 1.79. The highest BCUT2D eigenvalue weighted by molar-refractivity contribution is 5.30. The van der Waals surface area contributed by atoms with Crippen molar-refractivity contribution in [3.8, 4) is 0 Å². The average molecular weight is 236 g/mol. The molecule has 5 nitrogen and oxygen atoms in total. The summed E-state index contributed by atoms with van der Waals surface area (Å²) in [6.07, 6.45) is 6.72. The number of hydrogen-bond donors (Lipinski definition) is 1. The summed E-state index contributed by atoms with van der Waals surface area (Å²) < 4.78 is 1.79. The van der Waals surface area contributed by atoms with Crippen LogP contribution in [0.1, 0.15) is 25.3 Å². The molecule has 0 atom stereocenters. The zero-order chi connectivity index (χ0) is 12.3. The van der Waals surface area contributed by atoms with Crippen LogP contribution in [0, 0.1) is 0 Å². The molecule has 1 aliphatic rings. The molecule has 0 amide bonds. The lowest BCUT2D eigenvalue weighted by Crippen LogP contribution is -2.25. The van der Waals surface area contributed by atoms with Crippen molar-refractivity contribution in [3.05, 3.63) is 22.7 Å². The summed E-state index contributed by atoms with van der Waals surface area (Å²) in [5.74, 6) is 0.484. The fraction of sp³-hybridized carbons (Fsp3) is 0.667. The molecule has 0 bridgehead atoms. The molecule has 5 heteroatoms. The van der Waals surface area contributed by atoms with E-state index in [0.717, 1.165) is 32.4 Å². The third-order valence-corrected chi connectivity index (χ3v) is 2.88. The van der Waals surface area contributed by atoms with Crippen molar-refractivity contribution < 1.29 is 0 Å². The van der Waals surface area contributed by atoms with E-state index in [4.69, 9.17) is 0 Å². The number of anilines is 1. The molecule has 17 heavy (non-hydrogen) atoms. The van der Waals surface area contributed by atoms with E-state index in [1.165, 1.54) is 0 Å². The molecule has 0 spiro atoms. The van der Waals surface area contributed by atoms with E-state index in [0.29, 0.717) is 11.9 Å². The Morgan fingerprint density at radius 3 is 2.94 bits per heavy atom. The predicted molar refractivity (Wildman–Crippen MR) is 68.4 cm³/mol. The van der Waals surface area contributed by atoms with E-state index < -0.39 is 0 Å². The number of aromatic nitrogens is 2. The van der Waals surface area contributed by atoms with E-state index in [1.807, 2.05) is 14.1 Å². The second kappa shape index (κ2) is 5.31. The topological polar surface area (TPSA) is 50.2 Å². The van der Waals surface area contributed by atoms with Crippen LogP contribution in [0.4, 0.5) is 5.82 Å². The first-order valence-electron chi connectivity index (χ1n) is 6.14. The average Bonchev–Trinajstić information content (AvgIpc) is 3.10. The van der Waals surface area contributed by atoms with Crippen LogP contribution < -0.4 is 10.9 Å². The molecule has 94 valence electrons. The number of rotatable bonds is 6. The lowest BCUT2D eigenvalue weighted by molar-refractivity contribution is 0.405. The van der Waals surface area contributed by atoms with Gasteiger partial charge in [0.15, 0.2) is 5.82 Å². The maximum Gasteiger partial charge on any atom is 0.293 e. The highest BCUT2D eigenvalue weighted by Crippen LogP contribution is 2.33. The first kappa shape index (κ1) is 12.1. The minimum atomic E-state index is 0.0138. The summed E-state index contributed by atoms with van der Waals surface area (Å²) in [6, 6.07) is 0.410. The molecular formula is C12H20N4O. The molecule has 1 N–H and O–H groups in total. The van der Waals surface area contributed by atoms with Crippen molar-refractivity contribution >= 4 is 5.82 Å². The molecule has 0 radical (unpaired) electrons. The molecule has 1 heterocycles. The Labute approximate surface area is 101 Å². The molecule has 0 unspecified atom stereocenters. The minimum absolute atomic E-state index is 0.0138. The molecule has 1 aliphatic carbocycles. The Morgan fingerprint density at radius 1 is 1.53 bits per heavy atom. The van der Waals surface area contributed by atoms with Crippen LogP contribution in [0.25, 0.3) is 0 Å². The predicted octanol–water partition coefficient (Wildman–Crippen LogP) is 0.942. The standard InChI is InChI=1S/C12H20N4O/c1-15(2)8-3-6-13-11-12(17)16(9-7-14-11)10-4-5-10/h7,9-10H,3-6,8H2,1-2H3,(H,13,14). The fourth-order valence-electron chi connectivity index (χ4n) is 1.79. The van der Waals surface area contributed by atoms with Crippen molar-refractivity contribution in [2.24, 2.45) is 0 Å². The molecule has 0 saturated heterocycles. The van der Waals surface area contributed by atoms with Crippen LogP contribution in [0.2, 0.25) is 0 Å². The van der Waals surface area contributed by atoms with Crippen LogP contribution in [0.5, 0.6) is 0 Å². The van der Waals surface area contributed by atoms with Gasteiger partial charge in [-0.25, -0.2) is 4.98 Å². The summed E-state index contributed by atoms with van der Waals surface area (Å²) in [5.41, 5.74) is 0.0138. The normalized spacial score (nSPS) is 15.2. The summed E-state index contributed by atoms with van der Waals surface area (Å²) in [4.78, 5) is 18.2. The smallest absolute Gasteiger partial charge is 0.293 e. The van der Waals surface area contributed by atoms with Gasteiger partial charge in [0.05, 0.1) is 0 Å². The second-order valence-corrected chi connectivity index (χ2v) is 4.80. The molecule has 1 saturated carbocycles. The van der Waals surface area contributed by atoms with Crippen molar-refractivity contribution in [1.82, 2.24) is 14.5 Å². The molecule has 1 aromatic heterocycles. The minimum Gasteiger partial charge on any atom is -0.365 e. The van der Waals surface area contributed by atoms with Crippen LogP contribution in [0.15, 0.2) is 17.2 Å². The molecule has 0 aromatic carbocycles. The van der Waals surface area contributed by atoms with Gasteiger partial charge in [0.2, 0.25) is 0 Å². The molecule has 1 aromatic rings. The van der Waals surface area contributed by atoms with E-state index >= 15 is 0 Å². The lowest BCUT2D eigenvalue weighted by Gasteiger charge is -2.10. The summed E-state index contributed by atoms with van der Waals surface area (Å²) in [5, 5.41) is 3.12. The first-order valence-corrected chi connectivity index (χ1v) is 6.14. The summed E-state index contributed by atoms with van der Waals surface area (Å²) in [6.45, 7) is 1.80. The van der Waals surface area contributed by atoms with Gasteiger partial charge in [0, 0.05) is 25.0 Å². The molecule has 0 aliphatic heterocycles. The van der Waals surface area contributed by atoms with Gasteiger partial charge in [0.1, 0.15) is 0 Å². The first-order chi connectivity index (χ1) is 8.18. The van der Waals surface area contributed by atoms with Gasteiger partial charge in [-0.15, -0.1) is 0 Å². The van der Waals surface area contributed by atoms with Crippen LogP contribution in [-0.2, 0) is 0 Å². The third kappa shape index (κ3) is 3.30. The Bertz CT molecular complexity index is 423. The monoisotopic (exact) mass is 236 g/mol. The van der Waals surface area contributed by atoms with Gasteiger partial charge < -0.3 is 14.8 Å². The zero-order valence-corrected chi connectivity index (χ0v) is 10.5. The van der Waals surface area contributed by atoms with Gasteiger partial charge in [0.25, 0.3) is 5.56 Å². The molecule has 1 fully saturated rings. The van der Waals surface area contributed by atoms with Crippen molar-refractivity contribution in [1.29, 1.82) is 0 Å². The quantitative estimate of drug-likeness (QED) is 0.747. The van der Waals surface area contributed by atoms with Crippen molar-refractivity contribution in [2.45, 2.75) is 25.3 Å². The van der Waals surface area contributed by atoms with Crippen molar-refractivity contribution in [3.63, 3.8) is 0 Å². The number of hydrogen-bond acceptors (Lipinski definition) is 4. The van der Waals surface area contributed by atoms with Crippen LogP contribution in [-0.4, -0.2) is 41.6 Å². The third-order valence-electron chi connectivity index (χ3n) is 2.88. The van der Waals surface area contributed by atoms with E-state index in [9.17, 15) is 4.79 Å². The Balaban J connectivity index is 1.92. The van der Waals surface area contributed by atoms with Gasteiger partial charge >= 0.3 is 0 Å². The van der Waals surface area contributed by atoms with Gasteiger partial charge in [-0.1, -0.05) is 0 Å². The van der Waals surface area contributed by atoms with Crippen LogP contribution in [0.3, 0.4) is 0 Å². The highest BCUT2D eigenvalue weighted by Gasteiger charge is 2.25. The maximum absolute atomic E-state index is 12.0. The Morgan fingerprint density at radius 2 is 2.29 bits per heavy atom. The van der Waals surface area contributed by atoms with E-state index in [-0.39, 0.29) is 5.56 Å². The molecular weight excluding hydrogens is 216 g/mol. The van der Waals surface area contributed by atoms with Gasteiger partial charge in [-0.2, -0.15) is 0 Å². The second-order valence-electron chi connectivity index (χ2n) is 4.80. The highest BCUT2D eigenvalue weighted by atomic mass is 16.1. The number of nitrogens with zero attached hydrogens (tertiary/aromatic N) is 3.